The molecule has 2 amide bonds. The highest BCUT2D eigenvalue weighted by Gasteiger charge is 2.36. The van der Waals surface area contributed by atoms with Crippen LogP contribution in [0.1, 0.15) is 30.1 Å². The molecular weight excluding hydrogens is 526 g/mol. The Labute approximate surface area is 237 Å². The third-order valence-electron chi connectivity index (χ3n) is 7.27. The van der Waals surface area contributed by atoms with Crippen LogP contribution in [-0.2, 0) is 9.59 Å². The van der Waals surface area contributed by atoms with E-state index in [1.54, 1.807) is 25.2 Å². The molecule has 2 aliphatic rings. The Balaban J connectivity index is 1.48. The van der Waals surface area contributed by atoms with Crippen molar-refractivity contribution in [2.75, 3.05) is 57.1 Å². The monoisotopic (exact) mass is 557 g/mol. The first kappa shape index (κ1) is 27.5. The maximum absolute atomic E-state index is 12.3. The molecule has 2 unspecified atom stereocenters. The lowest BCUT2D eigenvalue weighted by atomic mass is 9.99. The van der Waals surface area contributed by atoms with Gasteiger partial charge in [0.1, 0.15) is 6.61 Å². The van der Waals surface area contributed by atoms with Crippen molar-refractivity contribution in [1.82, 2.24) is 30.0 Å². The molecule has 1 saturated heterocycles. The number of fused-ring (bicyclic) bond motifs is 2. The summed E-state index contributed by atoms with van der Waals surface area (Å²) in [5.74, 6) is 3.05. The number of aromatic nitrogens is 4. The van der Waals surface area contributed by atoms with E-state index in [0.29, 0.717) is 37.7 Å². The molecule has 13 nitrogen and oxygen atoms in total. The minimum Gasteiger partial charge on any atom is -0.481 e. The Morgan fingerprint density at radius 3 is 2.88 bits per heavy atom. The van der Waals surface area contributed by atoms with Crippen LogP contribution in [0, 0.1) is 30.6 Å². The van der Waals surface area contributed by atoms with Crippen LogP contribution < -0.4 is 19.7 Å². The van der Waals surface area contributed by atoms with Crippen molar-refractivity contribution in [3.05, 3.63) is 29.5 Å². The van der Waals surface area contributed by atoms with E-state index >= 15 is 0 Å². The van der Waals surface area contributed by atoms with Gasteiger partial charge in [0, 0.05) is 57.6 Å². The number of hydrogen-bond acceptors (Lipinski definition) is 10. The van der Waals surface area contributed by atoms with E-state index in [0.717, 1.165) is 22.0 Å². The standard InChI is InChI=1S/C28H31N9O4/c1-5-22(38)37-13-12-36(15-18(37)8-10-29)26-25-27(33-28(32-26)30-11-9-23(39)35(3)4)41-21(16-40-25)24-17(2)6-7-20-19(24)14-31-34-20/h1,6-7,14,18,21H,8-9,11-13,15-16H2,2-4H3,(H,31,34)(H,30,32,33). The Morgan fingerprint density at radius 1 is 1.29 bits per heavy atom. The van der Waals surface area contributed by atoms with Gasteiger partial charge in [-0.1, -0.05) is 6.07 Å². The molecule has 2 aliphatic heterocycles. The Morgan fingerprint density at radius 2 is 2.12 bits per heavy atom. The van der Waals surface area contributed by atoms with Gasteiger partial charge in [-0.05, 0) is 24.5 Å². The molecular formula is C28H31N9O4. The fraction of sp³-hybridized carbons (Fsp3) is 0.429. The number of anilines is 2. The third-order valence-corrected chi connectivity index (χ3v) is 7.27. The average molecular weight is 558 g/mol. The number of carbonyl (C=O) groups excluding carboxylic acids is 2. The van der Waals surface area contributed by atoms with Gasteiger partial charge in [0.05, 0.1) is 30.2 Å². The molecule has 2 N–H and O–H groups in total. The first-order valence-corrected chi connectivity index (χ1v) is 13.3. The van der Waals surface area contributed by atoms with E-state index in [-0.39, 0.29) is 37.2 Å². The maximum Gasteiger partial charge on any atom is 0.298 e. The number of nitriles is 1. The molecule has 1 aromatic carbocycles. The van der Waals surface area contributed by atoms with E-state index in [2.05, 4.69) is 32.5 Å². The molecule has 13 heteroatoms. The average Bonchev–Trinajstić information content (AvgIpc) is 3.45. The Bertz CT molecular complexity index is 1550. The van der Waals surface area contributed by atoms with Crippen molar-refractivity contribution in [3.8, 4) is 30.0 Å². The van der Waals surface area contributed by atoms with E-state index in [9.17, 15) is 14.9 Å². The van der Waals surface area contributed by atoms with Crippen LogP contribution in [0.5, 0.6) is 11.6 Å². The second-order valence-corrected chi connectivity index (χ2v) is 10.1. The first-order valence-electron chi connectivity index (χ1n) is 13.3. The number of carbonyl (C=O) groups is 2. The lowest BCUT2D eigenvalue weighted by molar-refractivity contribution is -0.128. The number of ether oxygens (including phenoxy) is 2. The van der Waals surface area contributed by atoms with Gasteiger partial charge in [-0.25, -0.2) is 0 Å². The molecule has 0 radical (unpaired) electrons. The first-order chi connectivity index (χ1) is 19.8. The number of amides is 2. The van der Waals surface area contributed by atoms with Gasteiger partial charge < -0.3 is 29.5 Å². The summed E-state index contributed by atoms with van der Waals surface area (Å²) in [6, 6.07) is 5.70. The molecule has 0 spiro atoms. The topological polar surface area (TPSA) is 153 Å². The molecule has 3 aromatic rings. The van der Waals surface area contributed by atoms with Gasteiger partial charge >= 0.3 is 0 Å². The summed E-state index contributed by atoms with van der Waals surface area (Å²) in [6.07, 6.45) is 7.05. The van der Waals surface area contributed by atoms with Crippen LogP contribution in [0.15, 0.2) is 18.3 Å². The van der Waals surface area contributed by atoms with Gasteiger partial charge in [-0.3, -0.25) is 14.7 Å². The molecule has 0 aliphatic carbocycles. The van der Waals surface area contributed by atoms with Crippen molar-refractivity contribution in [3.63, 3.8) is 0 Å². The van der Waals surface area contributed by atoms with E-state index in [4.69, 9.17) is 20.9 Å². The predicted molar refractivity (Wildman–Crippen MR) is 150 cm³/mol. The molecule has 2 atom stereocenters. The van der Waals surface area contributed by atoms with Gasteiger partial charge in [-0.15, -0.1) is 6.42 Å². The summed E-state index contributed by atoms with van der Waals surface area (Å²) in [4.78, 5) is 38.8. The van der Waals surface area contributed by atoms with Crippen molar-refractivity contribution >= 4 is 34.5 Å². The predicted octanol–water partition coefficient (Wildman–Crippen LogP) is 1.63. The zero-order valence-corrected chi connectivity index (χ0v) is 23.2. The van der Waals surface area contributed by atoms with Crippen LogP contribution in [0.25, 0.3) is 10.9 Å². The second kappa shape index (κ2) is 11.6. The fourth-order valence-corrected chi connectivity index (χ4v) is 5.15. The van der Waals surface area contributed by atoms with E-state index < -0.39 is 18.1 Å². The summed E-state index contributed by atoms with van der Waals surface area (Å²) in [7, 11) is 3.40. The number of nitrogens with zero attached hydrogens (tertiary/aromatic N) is 7. The smallest absolute Gasteiger partial charge is 0.298 e. The molecule has 212 valence electrons. The number of rotatable bonds is 7. The normalized spacial score (nSPS) is 18.0. The Kier molecular flexibility index (Phi) is 7.79. The molecule has 1 fully saturated rings. The number of nitrogens with one attached hydrogen (secondary N) is 2. The molecule has 2 aromatic heterocycles. The van der Waals surface area contributed by atoms with Crippen LogP contribution >= 0.6 is 0 Å². The number of terminal acetylenes is 1. The molecule has 0 bridgehead atoms. The highest BCUT2D eigenvalue weighted by molar-refractivity contribution is 5.93. The zero-order valence-electron chi connectivity index (χ0n) is 23.2. The minimum atomic E-state index is -0.453. The van der Waals surface area contributed by atoms with Crippen molar-refractivity contribution in [2.45, 2.75) is 31.9 Å². The summed E-state index contributed by atoms with van der Waals surface area (Å²) < 4.78 is 12.7. The van der Waals surface area contributed by atoms with Crippen LogP contribution in [0.4, 0.5) is 11.8 Å². The summed E-state index contributed by atoms with van der Waals surface area (Å²) in [5, 5.41) is 20.7. The lowest BCUT2D eigenvalue weighted by Crippen LogP contribution is -2.55. The molecule has 41 heavy (non-hydrogen) atoms. The zero-order chi connectivity index (χ0) is 29.1. The largest absolute Gasteiger partial charge is 0.481 e. The van der Waals surface area contributed by atoms with Crippen molar-refractivity contribution in [1.29, 1.82) is 5.26 Å². The van der Waals surface area contributed by atoms with Gasteiger partial charge in [0.25, 0.3) is 11.8 Å². The second-order valence-electron chi connectivity index (χ2n) is 10.1. The third kappa shape index (κ3) is 5.52. The van der Waals surface area contributed by atoms with Crippen LogP contribution in [0.3, 0.4) is 0 Å². The minimum absolute atomic E-state index is 0.0346. The highest BCUT2D eigenvalue weighted by atomic mass is 16.6. The number of hydrogen-bond donors (Lipinski definition) is 2. The number of aryl methyl sites for hydroxylation is 1. The highest BCUT2D eigenvalue weighted by Crippen LogP contribution is 2.43. The quantitative estimate of drug-likeness (QED) is 0.410. The number of aromatic amines is 1. The summed E-state index contributed by atoms with van der Waals surface area (Å²) in [5.41, 5.74) is 2.86. The number of benzene rings is 1. The van der Waals surface area contributed by atoms with E-state index in [1.165, 1.54) is 4.90 Å². The molecule has 0 saturated carbocycles. The van der Waals surface area contributed by atoms with Crippen molar-refractivity contribution in [2.24, 2.45) is 0 Å². The fourth-order valence-electron chi connectivity index (χ4n) is 5.15. The SMILES string of the molecule is C#CC(=O)N1CCN(c2nc(NCCC(=O)N(C)C)nc3c2OCC(c2c(C)ccc4[nH]ncc24)O3)CC1CC#N. The van der Waals surface area contributed by atoms with Gasteiger partial charge in [0.15, 0.2) is 11.9 Å². The van der Waals surface area contributed by atoms with E-state index in [1.807, 2.05) is 24.0 Å². The molecule has 4 heterocycles. The van der Waals surface area contributed by atoms with Crippen molar-refractivity contribution < 1.29 is 19.1 Å². The maximum atomic E-state index is 12.3. The lowest BCUT2D eigenvalue weighted by Gasteiger charge is -2.41. The van der Waals surface area contributed by atoms with Gasteiger partial charge in [-0.2, -0.15) is 20.3 Å². The number of H-pyrrole nitrogens is 1. The Hall–Kier alpha value is -5.04. The number of piperazine rings is 1. The van der Waals surface area contributed by atoms with Crippen LogP contribution in [-0.4, -0.2) is 94.7 Å². The molecule has 5 rings (SSSR count). The van der Waals surface area contributed by atoms with Crippen LogP contribution in [0.2, 0.25) is 0 Å². The summed E-state index contributed by atoms with van der Waals surface area (Å²) >= 11 is 0. The summed E-state index contributed by atoms with van der Waals surface area (Å²) in [6.45, 7) is 3.59. The van der Waals surface area contributed by atoms with Gasteiger partial charge in [0.2, 0.25) is 17.6 Å².